The molecule has 2 fully saturated rings. The van der Waals surface area contributed by atoms with Crippen molar-refractivity contribution >= 4 is 0 Å². The fourth-order valence-electron chi connectivity index (χ4n) is 3.03. The molecule has 3 rings (SSSR count). The van der Waals surface area contributed by atoms with Crippen LogP contribution in [0.3, 0.4) is 0 Å². The Labute approximate surface area is 112 Å². The van der Waals surface area contributed by atoms with E-state index in [1.807, 2.05) is 0 Å². The van der Waals surface area contributed by atoms with Crippen molar-refractivity contribution in [3.63, 3.8) is 0 Å². The molecule has 1 N–H and O–H groups in total. The van der Waals surface area contributed by atoms with Gasteiger partial charge in [-0.05, 0) is 43.9 Å². The van der Waals surface area contributed by atoms with E-state index < -0.39 is 11.6 Å². The van der Waals surface area contributed by atoms with E-state index in [1.165, 1.54) is 25.0 Å². The van der Waals surface area contributed by atoms with E-state index in [9.17, 15) is 8.78 Å². The van der Waals surface area contributed by atoms with Gasteiger partial charge >= 0.3 is 0 Å². The Bertz CT molecular complexity index is 459. The maximum Gasteiger partial charge on any atom is 0.159 e. The summed E-state index contributed by atoms with van der Waals surface area (Å²) >= 11 is 0. The fraction of sp³-hybridized carbons (Fsp3) is 0.600. The Morgan fingerprint density at radius 1 is 1.26 bits per heavy atom. The smallest absolute Gasteiger partial charge is 0.159 e. The number of likely N-dealkylation sites (tertiary alicyclic amines) is 1. The summed E-state index contributed by atoms with van der Waals surface area (Å²) < 4.78 is 25.9. The van der Waals surface area contributed by atoms with Crippen molar-refractivity contribution in [1.29, 1.82) is 0 Å². The zero-order chi connectivity index (χ0) is 13.4. The highest BCUT2D eigenvalue weighted by Gasteiger charge is 2.38. The van der Waals surface area contributed by atoms with Crippen molar-refractivity contribution in [1.82, 2.24) is 10.2 Å². The number of rotatable bonds is 4. The minimum atomic E-state index is -0.779. The molecular formula is C15H20F2N2. The maximum absolute atomic E-state index is 13.1. The van der Waals surface area contributed by atoms with Gasteiger partial charge in [0, 0.05) is 31.2 Å². The van der Waals surface area contributed by atoms with Crippen LogP contribution < -0.4 is 5.32 Å². The van der Waals surface area contributed by atoms with Crippen LogP contribution in [0, 0.1) is 11.6 Å². The predicted molar refractivity (Wildman–Crippen MR) is 70.8 cm³/mol. The molecule has 1 aromatic carbocycles. The molecule has 1 aliphatic carbocycles. The van der Waals surface area contributed by atoms with E-state index in [2.05, 4.69) is 17.1 Å². The first-order chi connectivity index (χ1) is 9.13. The van der Waals surface area contributed by atoms with Crippen LogP contribution in [0.1, 0.15) is 31.7 Å². The average Bonchev–Trinajstić information content (AvgIpc) is 3.15. The first-order valence-electron chi connectivity index (χ1n) is 7.06. The molecule has 1 aromatic rings. The number of hydrogen-bond acceptors (Lipinski definition) is 2. The monoisotopic (exact) mass is 266 g/mol. The van der Waals surface area contributed by atoms with E-state index in [4.69, 9.17) is 0 Å². The summed E-state index contributed by atoms with van der Waals surface area (Å²) in [6, 6.07) is 6.01. The molecule has 4 heteroatoms. The van der Waals surface area contributed by atoms with E-state index in [0.717, 1.165) is 24.6 Å². The Morgan fingerprint density at radius 3 is 2.74 bits per heavy atom. The van der Waals surface area contributed by atoms with Gasteiger partial charge in [-0.3, -0.25) is 4.90 Å². The summed E-state index contributed by atoms with van der Waals surface area (Å²) in [6.45, 7) is 3.96. The van der Waals surface area contributed by atoms with Gasteiger partial charge in [0.1, 0.15) is 0 Å². The zero-order valence-electron chi connectivity index (χ0n) is 11.2. The van der Waals surface area contributed by atoms with Gasteiger partial charge in [-0.2, -0.15) is 0 Å². The number of hydrogen-bond donors (Lipinski definition) is 1. The molecule has 19 heavy (non-hydrogen) atoms. The number of benzene rings is 1. The van der Waals surface area contributed by atoms with Gasteiger partial charge in [0.15, 0.2) is 11.6 Å². The van der Waals surface area contributed by atoms with Crippen molar-refractivity contribution in [3.05, 3.63) is 35.4 Å². The minimum Gasteiger partial charge on any atom is -0.309 e. The SMILES string of the molecule is CC1CC(NCc2ccc(F)c(F)c2)CN1C1CC1. The lowest BCUT2D eigenvalue weighted by atomic mass is 10.1. The van der Waals surface area contributed by atoms with Crippen LogP contribution in [0.4, 0.5) is 8.78 Å². The summed E-state index contributed by atoms with van der Waals surface area (Å²) in [5.41, 5.74) is 0.802. The maximum atomic E-state index is 13.1. The van der Waals surface area contributed by atoms with Crippen LogP contribution in [-0.4, -0.2) is 29.6 Å². The molecule has 1 aliphatic heterocycles. The molecule has 0 aromatic heterocycles. The van der Waals surface area contributed by atoms with Crippen LogP contribution in [-0.2, 0) is 6.54 Å². The van der Waals surface area contributed by atoms with Crippen LogP contribution in [0.2, 0.25) is 0 Å². The van der Waals surface area contributed by atoms with Crippen LogP contribution >= 0.6 is 0 Å². The van der Waals surface area contributed by atoms with Gasteiger partial charge in [0.25, 0.3) is 0 Å². The van der Waals surface area contributed by atoms with E-state index >= 15 is 0 Å². The van der Waals surface area contributed by atoms with E-state index in [1.54, 1.807) is 6.07 Å². The summed E-state index contributed by atoms with van der Waals surface area (Å²) in [5, 5.41) is 3.46. The number of halogens is 2. The fourth-order valence-corrected chi connectivity index (χ4v) is 3.03. The Hall–Kier alpha value is -1.00. The third kappa shape index (κ3) is 2.95. The molecule has 2 aliphatic rings. The lowest BCUT2D eigenvalue weighted by Gasteiger charge is -2.19. The van der Waals surface area contributed by atoms with Crippen molar-refractivity contribution in [3.8, 4) is 0 Å². The summed E-state index contributed by atoms with van der Waals surface area (Å²) in [6.07, 6.45) is 3.81. The molecular weight excluding hydrogens is 246 g/mol. The van der Waals surface area contributed by atoms with E-state index in [0.29, 0.717) is 18.6 Å². The Balaban J connectivity index is 1.53. The first-order valence-corrected chi connectivity index (χ1v) is 7.06. The number of nitrogens with zero attached hydrogens (tertiary/aromatic N) is 1. The lowest BCUT2D eigenvalue weighted by molar-refractivity contribution is 0.255. The Kier molecular flexibility index (Phi) is 3.54. The molecule has 2 unspecified atom stereocenters. The van der Waals surface area contributed by atoms with E-state index in [-0.39, 0.29) is 0 Å². The Morgan fingerprint density at radius 2 is 2.05 bits per heavy atom. The standard InChI is InChI=1S/C15H20F2N2/c1-10-6-12(9-19(10)13-3-4-13)18-8-11-2-5-14(16)15(17)7-11/h2,5,7,10,12-13,18H,3-4,6,8-9H2,1H3. The highest BCUT2D eigenvalue weighted by molar-refractivity contribution is 5.17. The highest BCUT2D eigenvalue weighted by atomic mass is 19.2. The third-order valence-corrected chi connectivity index (χ3v) is 4.22. The second kappa shape index (κ2) is 5.17. The zero-order valence-corrected chi connectivity index (χ0v) is 11.2. The van der Waals surface area contributed by atoms with Gasteiger partial charge in [-0.25, -0.2) is 8.78 Å². The highest BCUT2D eigenvalue weighted by Crippen LogP contribution is 2.33. The third-order valence-electron chi connectivity index (χ3n) is 4.22. The molecule has 0 radical (unpaired) electrons. The van der Waals surface area contributed by atoms with Gasteiger partial charge < -0.3 is 5.32 Å². The van der Waals surface area contributed by atoms with Crippen molar-refractivity contribution in [2.24, 2.45) is 0 Å². The normalized spacial score (nSPS) is 27.9. The molecule has 2 nitrogen and oxygen atoms in total. The topological polar surface area (TPSA) is 15.3 Å². The van der Waals surface area contributed by atoms with Crippen molar-refractivity contribution in [2.45, 2.75) is 50.9 Å². The quantitative estimate of drug-likeness (QED) is 0.901. The molecule has 1 saturated carbocycles. The average molecular weight is 266 g/mol. The van der Waals surface area contributed by atoms with Crippen molar-refractivity contribution < 1.29 is 8.78 Å². The van der Waals surface area contributed by atoms with Crippen LogP contribution in [0.5, 0.6) is 0 Å². The van der Waals surface area contributed by atoms with Gasteiger partial charge in [-0.15, -0.1) is 0 Å². The lowest BCUT2D eigenvalue weighted by Crippen LogP contribution is -2.33. The summed E-state index contributed by atoms with van der Waals surface area (Å²) in [5.74, 6) is -1.54. The van der Waals surface area contributed by atoms with Crippen LogP contribution in [0.15, 0.2) is 18.2 Å². The molecule has 104 valence electrons. The summed E-state index contributed by atoms with van der Waals surface area (Å²) in [7, 11) is 0. The largest absolute Gasteiger partial charge is 0.309 e. The molecule has 2 atom stereocenters. The molecule has 0 bridgehead atoms. The predicted octanol–water partition coefficient (Wildman–Crippen LogP) is 2.68. The van der Waals surface area contributed by atoms with Gasteiger partial charge in [-0.1, -0.05) is 6.07 Å². The first kappa shape index (κ1) is 13.0. The summed E-state index contributed by atoms with van der Waals surface area (Å²) in [4.78, 5) is 2.57. The second-order valence-electron chi connectivity index (χ2n) is 5.84. The molecule has 0 amide bonds. The molecule has 0 spiro atoms. The van der Waals surface area contributed by atoms with Gasteiger partial charge in [0.2, 0.25) is 0 Å². The second-order valence-corrected chi connectivity index (χ2v) is 5.84. The minimum absolute atomic E-state index is 0.462. The molecule has 1 saturated heterocycles. The van der Waals surface area contributed by atoms with Crippen molar-refractivity contribution in [2.75, 3.05) is 6.54 Å². The van der Waals surface area contributed by atoms with Gasteiger partial charge in [0.05, 0.1) is 0 Å². The molecule has 1 heterocycles. The number of nitrogens with one attached hydrogen (secondary N) is 1. The van der Waals surface area contributed by atoms with Crippen LogP contribution in [0.25, 0.3) is 0 Å².